The molecule has 0 bridgehead atoms. The molecule has 0 saturated carbocycles. The molecule has 0 radical (unpaired) electrons. The van der Waals surface area contributed by atoms with E-state index in [4.69, 9.17) is 5.73 Å². The number of halogens is 1. The summed E-state index contributed by atoms with van der Waals surface area (Å²) in [5.41, 5.74) is 6.05. The van der Waals surface area contributed by atoms with E-state index < -0.39 is 0 Å². The molecule has 1 aliphatic rings. The van der Waals surface area contributed by atoms with Gasteiger partial charge in [0.05, 0.1) is 11.3 Å². The van der Waals surface area contributed by atoms with Gasteiger partial charge in [0, 0.05) is 38.9 Å². The van der Waals surface area contributed by atoms with Crippen LogP contribution in [-0.2, 0) is 14.4 Å². The first-order chi connectivity index (χ1) is 11.5. The quantitative estimate of drug-likeness (QED) is 0.596. The standard InChI is InChI=1S/C16H20N4O4.ClH/c17-8-9-18-16(24)11-3-1-2-4-12(11)19-13(21)7-10-20-14(22)5-6-15(20)23;/h1-4H,5-10,17H2,(H,18,24)(H,19,21);1H. The van der Waals surface area contributed by atoms with Crippen molar-refractivity contribution in [3.8, 4) is 0 Å². The van der Waals surface area contributed by atoms with Gasteiger partial charge in [0.2, 0.25) is 17.7 Å². The number of benzene rings is 1. The monoisotopic (exact) mass is 368 g/mol. The molecule has 0 unspecified atom stereocenters. The summed E-state index contributed by atoms with van der Waals surface area (Å²) in [6.45, 7) is 0.698. The summed E-state index contributed by atoms with van der Waals surface area (Å²) in [5.74, 6) is -1.22. The predicted molar refractivity (Wildman–Crippen MR) is 94.3 cm³/mol. The van der Waals surface area contributed by atoms with Crippen LogP contribution < -0.4 is 16.4 Å². The van der Waals surface area contributed by atoms with E-state index in [0.717, 1.165) is 4.90 Å². The first kappa shape index (κ1) is 20.6. The highest BCUT2D eigenvalue weighted by Crippen LogP contribution is 2.16. The fourth-order valence-corrected chi connectivity index (χ4v) is 2.37. The number of likely N-dealkylation sites (tertiary alicyclic amines) is 1. The molecule has 1 heterocycles. The van der Waals surface area contributed by atoms with Crippen LogP contribution in [0, 0.1) is 0 Å². The zero-order valence-electron chi connectivity index (χ0n) is 13.6. The zero-order chi connectivity index (χ0) is 17.5. The number of amides is 4. The number of imide groups is 1. The average molecular weight is 369 g/mol. The maximum Gasteiger partial charge on any atom is 0.253 e. The number of hydrogen-bond donors (Lipinski definition) is 3. The van der Waals surface area contributed by atoms with Crippen LogP contribution in [0.2, 0.25) is 0 Å². The summed E-state index contributed by atoms with van der Waals surface area (Å²) < 4.78 is 0. The van der Waals surface area contributed by atoms with Crippen molar-refractivity contribution < 1.29 is 19.2 Å². The summed E-state index contributed by atoms with van der Waals surface area (Å²) >= 11 is 0. The molecule has 4 amide bonds. The van der Waals surface area contributed by atoms with E-state index in [1.54, 1.807) is 24.3 Å². The Kier molecular flexibility index (Phi) is 8.03. The Morgan fingerprint density at radius 2 is 1.76 bits per heavy atom. The van der Waals surface area contributed by atoms with Crippen molar-refractivity contribution in [2.24, 2.45) is 5.73 Å². The van der Waals surface area contributed by atoms with Crippen molar-refractivity contribution in [2.75, 3.05) is 25.0 Å². The number of para-hydroxylation sites is 1. The van der Waals surface area contributed by atoms with Crippen molar-refractivity contribution in [1.29, 1.82) is 0 Å². The van der Waals surface area contributed by atoms with Gasteiger partial charge in [-0.2, -0.15) is 0 Å². The van der Waals surface area contributed by atoms with Crippen LogP contribution >= 0.6 is 12.4 Å². The maximum atomic E-state index is 12.1. The van der Waals surface area contributed by atoms with E-state index in [9.17, 15) is 19.2 Å². The van der Waals surface area contributed by atoms with Gasteiger partial charge in [-0.25, -0.2) is 0 Å². The lowest BCUT2D eigenvalue weighted by atomic mass is 10.1. The molecular weight excluding hydrogens is 348 g/mol. The number of carbonyl (C=O) groups is 4. The summed E-state index contributed by atoms with van der Waals surface area (Å²) in [7, 11) is 0. The Morgan fingerprint density at radius 1 is 1.12 bits per heavy atom. The molecule has 0 spiro atoms. The molecule has 0 aliphatic carbocycles. The normalized spacial score (nSPS) is 13.4. The maximum absolute atomic E-state index is 12.1. The van der Waals surface area contributed by atoms with E-state index in [1.807, 2.05) is 0 Å². The van der Waals surface area contributed by atoms with Crippen LogP contribution in [0.4, 0.5) is 5.69 Å². The van der Waals surface area contributed by atoms with Gasteiger partial charge in [-0.1, -0.05) is 12.1 Å². The summed E-state index contributed by atoms with van der Waals surface area (Å²) in [5, 5.41) is 5.28. The number of carbonyl (C=O) groups excluding carboxylic acids is 4. The van der Waals surface area contributed by atoms with Gasteiger partial charge >= 0.3 is 0 Å². The number of rotatable bonds is 7. The third-order valence-corrected chi connectivity index (χ3v) is 3.59. The van der Waals surface area contributed by atoms with Gasteiger partial charge in [0.15, 0.2) is 0 Å². The summed E-state index contributed by atoms with van der Waals surface area (Å²) in [4.78, 5) is 48.2. The SMILES string of the molecule is Cl.NCCNC(=O)c1ccccc1NC(=O)CCN1C(=O)CCC1=O. The van der Waals surface area contributed by atoms with Crippen molar-refractivity contribution in [3.05, 3.63) is 29.8 Å². The molecule has 9 heteroatoms. The van der Waals surface area contributed by atoms with Crippen LogP contribution in [-0.4, -0.2) is 48.2 Å². The number of nitrogens with two attached hydrogens (primary N) is 1. The molecule has 1 aromatic rings. The van der Waals surface area contributed by atoms with Crippen LogP contribution in [0.3, 0.4) is 0 Å². The van der Waals surface area contributed by atoms with E-state index in [0.29, 0.717) is 24.3 Å². The Labute approximate surface area is 151 Å². The highest BCUT2D eigenvalue weighted by Gasteiger charge is 2.28. The largest absolute Gasteiger partial charge is 0.351 e. The van der Waals surface area contributed by atoms with Crippen molar-refractivity contribution in [3.63, 3.8) is 0 Å². The smallest absolute Gasteiger partial charge is 0.253 e. The summed E-state index contributed by atoms with van der Waals surface area (Å²) in [6, 6.07) is 6.59. The molecule has 4 N–H and O–H groups in total. The fraction of sp³-hybridized carbons (Fsp3) is 0.375. The number of nitrogens with zero attached hydrogens (tertiary/aromatic N) is 1. The number of anilines is 1. The Balaban J connectivity index is 0.00000312. The minimum absolute atomic E-state index is 0. The molecule has 0 atom stereocenters. The van der Waals surface area contributed by atoms with Crippen LogP contribution in [0.25, 0.3) is 0 Å². The lowest BCUT2D eigenvalue weighted by molar-refractivity contribution is -0.138. The fourth-order valence-electron chi connectivity index (χ4n) is 2.37. The van der Waals surface area contributed by atoms with Gasteiger partial charge in [-0.15, -0.1) is 12.4 Å². The molecule has 2 rings (SSSR count). The van der Waals surface area contributed by atoms with E-state index in [2.05, 4.69) is 10.6 Å². The minimum atomic E-state index is -0.374. The number of nitrogens with one attached hydrogen (secondary N) is 2. The van der Waals surface area contributed by atoms with Crippen molar-refractivity contribution >= 4 is 41.7 Å². The molecule has 0 aromatic heterocycles. The third-order valence-electron chi connectivity index (χ3n) is 3.59. The van der Waals surface area contributed by atoms with Gasteiger partial charge in [-0.3, -0.25) is 24.1 Å². The van der Waals surface area contributed by atoms with E-state index >= 15 is 0 Å². The highest BCUT2D eigenvalue weighted by atomic mass is 35.5. The first-order valence-corrected chi connectivity index (χ1v) is 7.73. The van der Waals surface area contributed by atoms with Crippen LogP contribution in [0.1, 0.15) is 29.6 Å². The highest BCUT2D eigenvalue weighted by molar-refractivity contribution is 6.04. The third kappa shape index (κ3) is 5.54. The van der Waals surface area contributed by atoms with Crippen molar-refractivity contribution in [1.82, 2.24) is 10.2 Å². The first-order valence-electron chi connectivity index (χ1n) is 7.73. The molecule has 1 aliphatic heterocycles. The van der Waals surface area contributed by atoms with Gasteiger partial charge in [0.1, 0.15) is 0 Å². The van der Waals surface area contributed by atoms with Gasteiger partial charge in [-0.05, 0) is 12.1 Å². The zero-order valence-corrected chi connectivity index (χ0v) is 14.4. The minimum Gasteiger partial charge on any atom is -0.351 e. The van der Waals surface area contributed by atoms with Crippen LogP contribution in [0.15, 0.2) is 24.3 Å². The Hall–Kier alpha value is -2.45. The second-order valence-corrected chi connectivity index (χ2v) is 5.33. The average Bonchev–Trinajstić information content (AvgIpc) is 2.89. The molecular formula is C16H21ClN4O4. The van der Waals surface area contributed by atoms with Crippen LogP contribution in [0.5, 0.6) is 0 Å². The molecule has 1 aromatic carbocycles. The van der Waals surface area contributed by atoms with Crippen molar-refractivity contribution in [2.45, 2.75) is 19.3 Å². The number of hydrogen-bond acceptors (Lipinski definition) is 5. The lowest BCUT2D eigenvalue weighted by Gasteiger charge is -2.14. The second-order valence-electron chi connectivity index (χ2n) is 5.33. The Morgan fingerprint density at radius 3 is 2.40 bits per heavy atom. The van der Waals surface area contributed by atoms with E-state index in [-0.39, 0.29) is 61.8 Å². The molecule has 1 saturated heterocycles. The Bertz CT molecular complexity index is 649. The molecule has 136 valence electrons. The lowest BCUT2D eigenvalue weighted by Crippen LogP contribution is -2.33. The topological polar surface area (TPSA) is 122 Å². The summed E-state index contributed by atoms with van der Waals surface area (Å²) in [6.07, 6.45) is 0.380. The molecule has 25 heavy (non-hydrogen) atoms. The van der Waals surface area contributed by atoms with E-state index in [1.165, 1.54) is 0 Å². The predicted octanol–water partition coefficient (Wildman–Crippen LogP) is 0.274. The molecule has 8 nitrogen and oxygen atoms in total. The van der Waals surface area contributed by atoms with Gasteiger partial charge in [0.25, 0.3) is 5.91 Å². The van der Waals surface area contributed by atoms with Gasteiger partial charge < -0.3 is 16.4 Å². The second kappa shape index (κ2) is 9.75. The molecule has 1 fully saturated rings.